The third kappa shape index (κ3) is 5.31. The molecule has 1 amide bonds. The van der Waals surface area contributed by atoms with E-state index in [0.29, 0.717) is 15.5 Å². The van der Waals surface area contributed by atoms with Crippen LogP contribution in [0.3, 0.4) is 0 Å². The maximum atomic E-state index is 12.5. The maximum absolute atomic E-state index is 12.5. The number of amides is 1. The quantitative estimate of drug-likeness (QED) is 0.287. The average molecular weight is 460 g/mol. The number of nitro groups is 1. The van der Waals surface area contributed by atoms with E-state index in [2.05, 4.69) is 12.2 Å². The zero-order valence-corrected chi connectivity index (χ0v) is 17.1. The van der Waals surface area contributed by atoms with Crippen molar-refractivity contribution in [2.75, 3.05) is 0 Å². The number of hydrogen-bond acceptors (Lipinski definition) is 7. The molecule has 0 aliphatic carbocycles. The monoisotopic (exact) mass is 459 g/mol. The molecule has 0 heterocycles. The van der Waals surface area contributed by atoms with Crippen LogP contribution >= 0.6 is 23.8 Å². The van der Waals surface area contributed by atoms with Gasteiger partial charge in [-0.15, -0.1) is 0 Å². The molecule has 0 aliphatic heterocycles. The predicted octanol–water partition coefficient (Wildman–Crippen LogP) is 3.05. The summed E-state index contributed by atoms with van der Waals surface area (Å²) in [7, 11) is -4.29. The number of thiocarbonyl (C=S) groups is 1. The highest BCUT2D eigenvalue weighted by molar-refractivity contribution is 7.87. The van der Waals surface area contributed by atoms with E-state index >= 15 is 0 Å². The molecule has 0 fully saturated rings. The van der Waals surface area contributed by atoms with E-state index in [1.807, 2.05) is 0 Å². The highest BCUT2D eigenvalue weighted by atomic mass is 35.5. The number of benzene rings is 2. The normalized spacial score (nSPS) is 11.0. The molecule has 29 heavy (non-hydrogen) atoms. The number of nitrogens with two attached hydrogens (primary N) is 1. The van der Waals surface area contributed by atoms with Gasteiger partial charge in [0.25, 0.3) is 5.69 Å². The molecule has 0 bridgehead atoms. The van der Waals surface area contributed by atoms with Crippen LogP contribution in [0.5, 0.6) is 5.75 Å². The Morgan fingerprint density at radius 3 is 2.52 bits per heavy atom. The molecule has 0 saturated carbocycles. The van der Waals surface area contributed by atoms with Crippen molar-refractivity contribution in [2.45, 2.75) is 18.4 Å². The number of aryl methyl sites for hydroxylation is 1. The molecule has 3 N–H and O–H groups in total. The Labute approximate surface area is 175 Å². The van der Waals surface area contributed by atoms with E-state index < -0.39 is 38.5 Å². The highest BCUT2D eigenvalue weighted by Crippen LogP contribution is 2.29. The predicted molar refractivity (Wildman–Crippen MR) is 107 cm³/mol. The van der Waals surface area contributed by atoms with Crippen LogP contribution in [0.2, 0.25) is 5.02 Å². The number of nitrogens with zero attached hydrogens (tertiary/aromatic N) is 2. The van der Waals surface area contributed by atoms with Crippen LogP contribution in [-0.4, -0.2) is 34.6 Å². The molecule has 10 nitrogen and oxygen atoms in total. The summed E-state index contributed by atoms with van der Waals surface area (Å²) < 4.78 is 30.0. The molecule has 2 rings (SSSR count). The number of carboxylic acid groups (broad SMARTS) is 1. The summed E-state index contributed by atoms with van der Waals surface area (Å²) in [4.78, 5) is 22.1. The minimum absolute atomic E-state index is 0.0578. The van der Waals surface area contributed by atoms with Crippen molar-refractivity contribution in [1.29, 1.82) is 0 Å². The highest BCUT2D eigenvalue weighted by Gasteiger charge is 2.25. The zero-order valence-electron chi connectivity index (χ0n) is 14.7. The van der Waals surface area contributed by atoms with Crippen molar-refractivity contribution in [1.82, 2.24) is 4.90 Å². The molecule has 2 aromatic rings. The average Bonchev–Trinajstić information content (AvgIpc) is 2.58. The lowest BCUT2D eigenvalue weighted by Crippen LogP contribution is -2.39. The Bertz CT molecular complexity index is 1090. The number of hydrogen-bond donors (Lipinski definition) is 2. The van der Waals surface area contributed by atoms with Crippen molar-refractivity contribution in [3.63, 3.8) is 0 Å². The lowest BCUT2D eigenvalue weighted by atomic mass is 10.1. The molecule has 0 atom stereocenters. The minimum Gasteiger partial charge on any atom is -0.465 e. The fraction of sp³-hybridized carbons (Fsp3) is 0.125. The van der Waals surface area contributed by atoms with E-state index in [4.69, 9.17) is 26.6 Å². The van der Waals surface area contributed by atoms with Gasteiger partial charge in [0, 0.05) is 5.02 Å². The van der Waals surface area contributed by atoms with Gasteiger partial charge in [0.05, 0.1) is 23.1 Å². The lowest BCUT2D eigenvalue weighted by Gasteiger charge is -2.17. The van der Waals surface area contributed by atoms with Gasteiger partial charge in [-0.2, -0.15) is 8.42 Å². The van der Waals surface area contributed by atoms with Gasteiger partial charge in [-0.25, -0.2) is 9.69 Å². The fourth-order valence-electron chi connectivity index (χ4n) is 2.37. The molecular weight excluding hydrogens is 446 g/mol. The second-order valence-corrected chi connectivity index (χ2v) is 8.07. The summed E-state index contributed by atoms with van der Waals surface area (Å²) >= 11 is 10.4. The second kappa shape index (κ2) is 8.59. The largest absolute Gasteiger partial charge is 0.465 e. The van der Waals surface area contributed by atoms with E-state index in [9.17, 15) is 23.3 Å². The van der Waals surface area contributed by atoms with Crippen molar-refractivity contribution in [3.8, 4) is 5.75 Å². The van der Waals surface area contributed by atoms with Gasteiger partial charge in [0.2, 0.25) is 0 Å². The van der Waals surface area contributed by atoms with Crippen molar-refractivity contribution < 1.29 is 27.4 Å². The Morgan fingerprint density at radius 1 is 1.34 bits per heavy atom. The summed E-state index contributed by atoms with van der Waals surface area (Å²) in [6, 6.07) is 7.24. The third-order valence-electron chi connectivity index (χ3n) is 3.69. The van der Waals surface area contributed by atoms with Crippen molar-refractivity contribution in [2.24, 2.45) is 5.73 Å². The van der Waals surface area contributed by atoms with Gasteiger partial charge < -0.3 is 15.0 Å². The third-order valence-corrected chi connectivity index (χ3v) is 5.56. The summed E-state index contributed by atoms with van der Waals surface area (Å²) in [5.41, 5.74) is 5.02. The summed E-state index contributed by atoms with van der Waals surface area (Å²) in [5.74, 6) is -0.327. The SMILES string of the molecule is Cc1cc(Cl)ccc1S(=O)(=O)Oc1ccc(CN(C(=O)O)C(N)=S)c([N+](=O)[O-])c1. The summed E-state index contributed by atoms with van der Waals surface area (Å²) in [6.07, 6.45) is -1.49. The first kappa shape index (κ1) is 22.3. The van der Waals surface area contributed by atoms with Crippen LogP contribution in [0.4, 0.5) is 10.5 Å². The minimum atomic E-state index is -4.29. The van der Waals surface area contributed by atoms with Gasteiger partial charge in [0.1, 0.15) is 10.6 Å². The van der Waals surface area contributed by atoms with Gasteiger partial charge in [-0.3, -0.25) is 10.1 Å². The molecule has 0 aromatic heterocycles. The maximum Gasteiger partial charge on any atom is 0.413 e. The smallest absolute Gasteiger partial charge is 0.413 e. The summed E-state index contributed by atoms with van der Waals surface area (Å²) in [5, 5.41) is 20.3. The fourth-order valence-corrected chi connectivity index (χ4v) is 3.88. The van der Waals surface area contributed by atoms with Crippen molar-refractivity contribution >= 4 is 50.8 Å². The first-order chi connectivity index (χ1) is 13.4. The number of nitro benzene ring substituents is 1. The van der Waals surface area contributed by atoms with Crippen molar-refractivity contribution in [3.05, 3.63) is 62.7 Å². The molecule has 13 heteroatoms. The van der Waals surface area contributed by atoms with E-state index in [1.165, 1.54) is 25.1 Å². The van der Waals surface area contributed by atoms with Gasteiger partial charge >= 0.3 is 16.2 Å². The van der Waals surface area contributed by atoms with Crippen LogP contribution in [0, 0.1) is 17.0 Å². The summed E-state index contributed by atoms with van der Waals surface area (Å²) in [6.45, 7) is 1.02. The topological polar surface area (TPSA) is 153 Å². The zero-order chi connectivity index (χ0) is 21.9. The second-order valence-electron chi connectivity index (χ2n) is 5.70. The molecule has 154 valence electrons. The first-order valence-corrected chi connectivity index (χ1v) is 9.89. The van der Waals surface area contributed by atoms with Crippen LogP contribution in [-0.2, 0) is 16.7 Å². The Hall–Kier alpha value is -2.96. The van der Waals surface area contributed by atoms with Crippen LogP contribution in [0.25, 0.3) is 0 Å². The molecule has 0 radical (unpaired) electrons. The van der Waals surface area contributed by atoms with Crippen LogP contribution in [0.1, 0.15) is 11.1 Å². The lowest BCUT2D eigenvalue weighted by molar-refractivity contribution is -0.385. The molecule has 2 aromatic carbocycles. The van der Waals surface area contributed by atoms with Crippen LogP contribution < -0.4 is 9.92 Å². The molecule has 0 spiro atoms. The van der Waals surface area contributed by atoms with Gasteiger partial charge in [-0.1, -0.05) is 11.6 Å². The standard InChI is InChI=1S/C16H14ClN3O7S2/c1-9-6-11(17)3-5-14(9)29(25,26)27-12-4-2-10(13(7-12)20(23)24)8-19(15(18)28)16(21)22/h2-7H,8H2,1H3,(H2,18,28)(H,21,22). The van der Waals surface area contributed by atoms with E-state index in [0.717, 1.165) is 18.2 Å². The molecule has 0 unspecified atom stereocenters. The van der Waals surface area contributed by atoms with Gasteiger partial charge in [-0.05, 0) is 55.0 Å². The van der Waals surface area contributed by atoms with Gasteiger partial charge in [0.15, 0.2) is 5.11 Å². The Balaban J connectivity index is 2.40. The Kier molecular flexibility index (Phi) is 6.62. The van der Waals surface area contributed by atoms with E-state index in [-0.39, 0.29) is 16.2 Å². The number of halogens is 1. The Morgan fingerprint density at radius 2 is 2.00 bits per heavy atom. The number of carbonyl (C=O) groups is 1. The van der Waals surface area contributed by atoms with E-state index in [1.54, 1.807) is 0 Å². The molecule has 0 saturated heterocycles. The van der Waals surface area contributed by atoms with Crippen LogP contribution in [0.15, 0.2) is 41.3 Å². The molecule has 0 aliphatic rings. The molecular formula is C16H14ClN3O7S2. The number of rotatable bonds is 6. The first-order valence-electron chi connectivity index (χ1n) is 7.70.